The molecule has 0 radical (unpaired) electrons. The minimum absolute atomic E-state index is 0.175. The van der Waals surface area contributed by atoms with Crippen LogP contribution in [-0.2, 0) is 11.3 Å². The van der Waals surface area contributed by atoms with Gasteiger partial charge in [-0.3, -0.25) is 9.69 Å². The maximum Gasteiger partial charge on any atom is 0.254 e. The summed E-state index contributed by atoms with van der Waals surface area (Å²) in [5, 5.41) is 0. The van der Waals surface area contributed by atoms with Crippen LogP contribution in [0.2, 0.25) is 0 Å². The molecule has 1 saturated heterocycles. The van der Waals surface area contributed by atoms with Gasteiger partial charge in [0, 0.05) is 38.3 Å². The van der Waals surface area contributed by atoms with Crippen molar-refractivity contribution in [3.05, 3.63) is 95.8 Å². The van der Waals surface area contributed by atoms with E-state index in [-0.39, 0.29) is 5.91 Å². The van der Waals surface area contributed by atoms with Crippen molar-refractivity contribution in [2.24, 2.45) is 0 Å². The molecular weight excluding hydrogens is 419 g/mol. The molecule has 0 spiro atoms. The van der Waals surface area contributed by atoms with Crippen LogP contribution in [-0.4, -0.2) is 55.1 Å². The molecule has 0 bridgehead atoms. The van der Waals surface area contributed by atoms with Gasteiger partial charge in [-0.15, -0.1) is 0 Å². The van der Waals surface area contributed by atoms with E-state index in [2.05, 4.69) is 4.90 Å². The molecule has 1 aliphatic rings. The van der Waals surface area contributed by atoms with Gasteiger partial charge in [0.05, 0.1) is 13.2 Å². The number of nitrogens with zero attached hydrogens (tertiary/aromatic N) is 2. The lowest BCUT2D eigenvalue weighted by Gasteiger charge is -2.28. The number of hydrogen-bond acceptors (Lipinski definition) is 4. The largest absolute Gasteiger partial charge is 0.457 e. The molecule has 0 aromatic heterocycles. The van der Waals surface area contributed by atoms with Gasteiger partial charge in [0.2, 0.25) is 0 Å². The van der Waals surface area contributed by atoms with Crippen LogP contribution in [0.3, 0.4) is 0 Å². The second-order valence-electron chi connectivity index (χ2n) is 8.11. The highest BCUT2D eigenvalue weighted by Gasteiger charge is 2.18. The van der Waals surface area contributed by atoms with E-state index >= 15 is 0 Å². The number of ether oxygens (including phenoxy) is 2. The van der Waals surface area contributed by atoms with E-state index in [9.17, 15) is 9.18 Å². The van der Waals surface area contributed by atoms with Crippen LogP contribution in [0.4, 0.5) is 4.39 Å². The van der Waals surface area contributed by atoms with Crippen LogP contribution in [0, 0.1) is 5.82 Å². The normalized spacial score (nSPS) is 14.1. The summed E-state index contributed by atoms with van der Waals surface area (Å²) in [6.45, 7) is 5.22. The monoisotopic (exact) mass is 448 g/mol. The average Bonchev–Trinajstić information content (AvgIpc) is 2.84. The van der Waals surface area contributed by atoms with E-state index in [1.165, 1.54) is 12.1 Å². The Balaban J connectivity index is 1.46. The highest BCUT2D eigenvalue weighted by molar-refractivity contribution is 5.94. The van der Waals surface area contributed by atoms with Crippen LogP contribution >= 0.6 is 0 Å². The van der Waals surface area contributed by atoms with E-state index in [0.717, 1.165) is 50.6 Å². The highest BCUT2D eigenvalue weighted by Crippen LogP contribution is 2.23. The van der Waals surface area contributed by atoms with Gasteiger partial charge in [-0.25, -0.2) is 4.39 Å². The first kappa shape index (κ1) is 23.0. The Morgan fingerprint density at radius 2 is 1.70 bits per heavy atom. The van der Waals surface area contributed by atoms with Crippen molar-refractivity contribution >= 4 is 5.91 Å². The second-order valence-corrected chi connectivity index (χ2v) is 8.11. The molecule has 0 aliphatic carbocycles. The molecule has 4 rings (SSSR count). The van der Waals surface area contributed by atoms with Gasteiger partial charge in [0.15, 0.2) is 0 Å². The summed E-state index contributed by atoms with van der Waals surface area (Å²) in [4.78, 5) is 17.4. The quantitative estimate of drug-likeness (QED) is 0.463. The standard InChI is InChI=1S/C27H29FN2O3/c28-24-9-5-8-23(20-24)27(31)30(14-6-13-29-15-17-32-18-16-29)21-22-7-4-12-26(19-22)33-25-10-2-1-3-11-25/h1-5,7-12,19-20H,6,13-18,21H2. The zero-order valence-corrected chi connectivity index (χ0v) is 18.7. The molecule has 172 valence electrons. The first-order chi connectivity index (χ1) is 16.2. The molecule has 0 atom stereocenters. The molecule has 0 unspecified atom stereocenters. The first-order valence-corrected chi connectivity index (χ1v) is 11.3. The van der Waals surface area contributed by atoms with Crippen LogP contribution in [0.1, 0.15) is 22.3 Å². The number of carbonyl (C=O) groups excluding carboxylic acids is 1. The molecule has 1 aliphatic heterocycles. The minimum Gasteiger partial charge on any atom is -0.457 e. The topological polar surface area (TPSA) is 42.0 Å². The van der Waals surface area contributed by atoms with Gasteiger partial charge in [-0.2, -0.15) is 0 Å². The number of hydrogen-bond donors (Lipinski definition) is 0. The molecule has 1 amide bonds. The van der Waals surface area contributed by atoms with E-state index in [1.807, 2.05) is 54.6 Å². The summed E-state index contributed by atoms with van der Waals surface area (Å²) in [7, 11) is 0. The summed E-state index contributed by atoms with van der Waals surface area (Å²) in [5.41, 5.74) is 1.32. The lowest BCUT2D eigenvalue weighted by Crippen LogP contribution is -2.39. The molecule has 1 heterocycles. The minimum atomic E-state index is -0.410. The Kier molecular flexibility index (Phi) is 8.06. The van der Waals surface area contributed by atoms with Gasteiger partial charge in [0.25, 0.3) is 5.91 Å². The van der Waals surface area contributed by atoms with Crippen molar-refractivity contribution in [3.63, 3.8) is 0 Å². The fourth-order valence-electron chi connectivity index (χ4n) is 3.92. The number of halogens is 1. The second kappa shape index (κ2) is 11.6. The van der Waals surface area contributed by atoms with Crippen molar-refractivity contribution in [1.29, 1.82) is 0 Å². The van der Waals surface area contributed by atoms with Gasteiger partial charge in [0.1, 0.15) is 17.3 Å². The fourth-order valence-corrected chi connectivity index (χ4v) is 3.92. The maximum atomic E-state index is 13.8. The summed E-state index contributed by atoms with van der Waals surface area (Å²) >= 11 is 0. The van der Waals surface area contributed by atoms with Crippen molar-refractivity contribution < 1.29 is 18.7 Å². The van der Waals surface area contributed by atoms with Gasteiger partial charge >= 0.3 is 0 Å². The van der Waals surface area contributed by atoms with Crippen molar-refractivity contribution in [2.75, 3.05) is 39.4 Å². The zero-order chi connectivity index (χ0) is 22.9. The molecule has 0 N–H and O–H groups in total. The van der Waals surface area contributed by atoms with Crippen molar-refractivity contribution in [3.8, 4) is 11.5 Å². The third kappa shape index (κ3) is 6.88. The van der Waals surface area contributed by atoms with Crippen molar-refractivity contribution in [1.82, 2.24) is 9.80 Å². The summed E-state index contributed by atoms with van der Waals surface area (Å²) in [6.07, 6.45) is 0.835. The lowest BCUT2D eigenvalue weighted by molar-refractivity contribution is 0.0355. The van der Waals surface area contributed by atoms with Gasteiger partial charge < -0.3 is 14.4 Å². The maximum absolute atomic E-state index is 13.8. The van der Waals surface area contributed by atoms with E-state index in [1.54, 1.807) is 17.0 Å². The van der Waals surface area contributed by atoms with Crippen LogP contribution in [0.15, 0.2) is 78.9 Å². The Morgan fingerprint density at radius 3 is 2.48 bits per heavy atom. The Morgan fingerprint density at radius 1 is 0.939 bits per heavy atom. The van der Waals surface area contributed by atoms with Crippen LogP contribution < -0.4 is 4.74 Å². The summed E-state index contributed by atoms with van der Waals surface area (Å²) in [6, 6.07) is 23.2. The molecular formula is C27H29FN2O3. The Hall–Kier alpha value is -3.22. The molecule has 5 nitrogen and oxygen atoms in total. The van der Waals surface area contributed by atoms with E-state index in [0.29, 0.717) is 24.4 Å². The van der Waals surface area contributed by atoms with E-state index in [4.69, 9.17) is 9.47 Å². The highest BCUT2D eigenvalue weighted by atomic mass is 19.1. The lowest BCUT2D eigenvalue weighted by atomic mass is 10.1. The average molecular weight is 449 g/mol. The van der Waals surface area contributed by atoms with Gasteiger partial charge in [-0.05, 0) is 54.4 Å². The van der Waals surface area contributed by atoms with Crippen molar-refractivity contribution in [2.45, 2.75) is 13.0 Å². The third-order valence-electron chi connectivity index (χ3n) is 5.62. The molecule has 33 heavy (non-hydrogen) atoms. The Labute approximate surface area is 194 Å². The summed E-state index contributed by atoms with van der Waals surface area (Å²) in [5.74, 6) is 0.885. The number of para-hydroxylation sites is 1. The number of benzene rings is 3. The molecule has 6 heteroatoms. The molecule has 0 saturated carbocycles. The number of rotatable bonds is 9. The first-order valence-electron chi connectivity index (χ1n) is 11.3. The predicted molar refractivity (Wildman–Crippen MR) is 126 cm³/mol. The predicted octanol–water partition coefficient (Wildman–Crippen LogP) is 4.98. The smallest absolute Gasteiger partial charge is 0.254 e. The molecule has 3 aromatic carbocycles. The van der Waals surface area contributed by atoms with Crippen LogP contribution in [0.5, 0.6) is 11.5 Å². The molecule has 3 aromatic rings. The third-order valence-corrected chi connectivity index (χ3v) is 5.62. The van der Waals surface area contributed by atoms with Crippen LogP contribution in [0.25, 0.3) is 0 Å². The zero-order valence-electron chi connectivity index (χ0n) is 18.7. The number of carbonyl (C=O) groups is 1. The van der Waals surface area contributed by atoms with Gasteiger partial charge in [-0.1, -0.05) is 36.4 Å². The summed E-state index contributed by atoms with van der Waals surface area (Å²) < 4.78 is 25.1. The SMILES string of the molecule is O=C(c1cccc(F)c1)N(CCCN1CCOCC1)Cc1cccc(Oc2ccccc2)c1. The van der Waals surface area contributed by atoms with E-state index < -0.39 is 5.82 Å². The molecule has 1 fully saturated rings. The number of amides is 1. The number of morpholine rings is 1. The fraction of sp³-hybridized carbons (Fsp3) is 0.296. The Bertz CT molecular complexity index is 1040.